The van der Waals surface area contributed by atoms with Crippen molar-refractivity contribution in [2.45, 2.75) is 77.3 Å². The number of rotatable bonds is 5. The number of hydrogen-bond acceptors (Lipinski definition) is 4. The molecule has 144 valence electrons. The molecule has 2 aliphatic heterocycles. The van der Waals surface area contributed by atoms with Crippen molar-refractivity contribution in [3.05, 3.63) is 22.9 Å². The lowest BCUT2D eigenvalue weighted by Crippen LogP contribution is -2.36. The summed E-state index contributed by atoms with van der Waals surface area (Å²) in [5, 5.41) is 2.92. The first kappa shape index (κ1) is 19.3. The van der Waals surface area contributed by atoms with Crippen LogP contribution in [0.25, 0.3) is 0 Å². The summed E-state index contributed by atoms with van der Waals surface area (Å²) in [4.78, 5) is 19.6. The van der Waals surface area contributed by atoms with Gasteiger partial charge in [0, 0.05) is 30.3 Å². The lowest BCUT2D eigenvalue weighted by atomic mass is 10.0. The molecule has 0 radical (unpaired) electrons. The summed E-state index contributed by atoms with van der Waals surface area (Å²) in [5.41, 5.74) is 2.51. The number of carbonyl (C=O) groups is 1. The molecule has 1 fully saturated rings. The van der Waals surface area contributed by atoms with Gasteiger partial charge in [-0.2, -0.15) is 0 Å². The second kappa shape index (κ2) is 7.27. The minimum atomic E-state index is -1.20. The van der Waals surface area contributed by atoms with Gasteiger partial charge in [-0.15, -0.1) is 0 Å². The van der Waals surface area contributed by atoms with Crippen LogP contribution in [0.4, 0.5) is 5.82 Å². The number of amides is 1. The molecule has 0 unspecified atom stereocenters. The summed E-state index contributed by atoms with van der Waals surface area (Å²) in [6.45, 7) is 11.6. The fourth-order valence-electron chi connectivity index (χ4n) is 3.58. The predicted molar refractivity (Wildman–Crippen MR) is 106 cm³/mol. The van der Waals surface area contributed by atoms with Crippen molar-refractivity contribution in [1.29, 1.82) is 0 Å². The second-order valence-corrected chi connectivity index (χ2v) is 10.2. The molecule has 1 aromatic rings. The molecule has 0 saturated carbocycles. The Hall–Kier alpha value is -1.47. The average Bonchev–Trinajstić information content (AvgIpc) is 3.17. The van der Waals surface area contributed by atoms with Crippen LogP contribution >= 0.6 is 0 Å². The molecule has 0 aromatic carbocycles. The van der Waals surface area contributed by atoms with E-state index in [1.54, 1.807) is 0 Å². The SMILES string of the molecule is CC[C@@H](N[S@@](=O)C(C)(C)C)c1nc(N2CCC[C@H]2C)cc2c1CNC2=O. The van der Waals surface area contributed by atoms with Gasteiger partial charge in [-0.1, -0.05) is 6.92 Å². The number of fused-ring (bicyclic) bond motifs is 1. The molecule has 3 heterocycles. The predicted octanol–water partition coefficient (Wildman–Crippen LogP) is 2.82. The summed E-state index contributed by atoms with van der Waals surface area (Å²) in [6, 6.07) is 2.21. The van der Waals surface area contributed by atoms with Gasteiger partial charge in [0.05, 0.1) is 27.5 Å². The van der Waals surface area contributed by atoms with Crippen molar-refractivity contribution in [1.82, 2.24) is 15.0 Å². The van der Waals surface area contributed by atoms with Gasteiger partial charge in [0.2, 0.25) is 0 Å². The van der Waals surface area contributed by atoms with Gasteiger partial charge >= 0.3 is 0 Å². The quantitative estimate of drug-likeness (QED) is 0.826. The van der Waals surface area contributed by atoms with Crippen molar-refractivity contribution in [2.24, 2.45) is 0 Å². The number of aromatic nitrogens is 1. The third kappa shape index (κ3) is 3.64. The second-order valence-electron chi connectivity index (χ2n) is 8.22. The Morgan fingerprint density at radius 2 is 2.19 bits per heavy atom. The molecular formula is C19H30N4O2S. The van der Waals surface area contributed by atoms with Gasteiger partial charge < -0.3 is 10.2 Å². The Bertz CT molecular complexity index is 729. The van der Waals surface area contributed by atoms with Gasteiger partial charge in [-0.25, -0.2) is 13.9 Å². The van der Waals surface area contributed by atoms with E-state index in [2.05, 4.69) is 28.8 Å². The number of nitrogens with one attached hydrogen (secondary N) is 2. The maximum Gasteiger partial charge on any atom is 0.252 e. The summed E-state index contributed by atoms with van der Waals surface area (Å²) in [7, 11) is -1.20. The van der Waals surface area contributed by atoms with Crippen molar-refractivity contribution in [3.8, 4) is 0 Å². The van der Waals surface area contributed by atoms with Crippen molar-refractivity contribution >= 4 is 22.7 Å². The zero-order chi connectivity index (χ0) is 19.1. The van der Waals surface area contributed by atoms with E-state index in [4.69, 9.17) is 4.98 Å². The Kier molecular flexibility index (Phi) is 5.40. The Morgan fingerprint density at radius 3 is 2.77 bits per heavy atom. The molecule has 2 N–H and O–H groups in total. The standard InChI is InChI=1S/C19H30N4O2S/c1-6-15(22-26(25)19(3,4)5)17-14-11-20-18(24)13(14)10-16(21-17)23-9-7-8-12(23)2/h10,12,15,22H,6-9,11H2,1-5H3,(H,20,24)/t12-,15-,26+/m1/s1. The van der Waals surface area contributed by atoms with E-state index in [1.807, 2.05) is 26.8 Å². The first-order valence-corrected chi connectivity index (χ1v) is 10.6. The smallest absolute Gasteiger partial charge is 0.252 e. The van der Waals surface area contributed by atoms with E-state index in [-0.39, 0.29) is 16.7 Å². The van der Waals surface area contributed by atoms with Crippen LogP contribution in [0.15, 0.2) is 6.07 Å². The number of nitrogens with zero attached hydrogens (tertiary/aromatic N) is 2. The van der Waals surface area contributed by atoms with Crippen LogP contribution in [0.2, 0.25) is 0 Å². The highest BCUT2D eigenvalue weighted by atomic mass is 32.2. The van der Waals surface area contributed by atoms with Crippen LogP contribution in [-0.2, 0) is 17.5 Å². The number of hydrogen-bond donors (Lipinski definition) is 2. The molecule has 1 aromatic heterocycles. The third-order valence-corrected chi connectivity index (χ3v) is 6.82. The average molecular weight is 379 g/mol. The highest BCUT2D eigenvalue weighted by molar-refractivity contribution is 7.84. The Labute approximate surface area is 158 Å². The third-order valence-electron chi connectivity index (χ3n) is 5.20. The minimum absolute atomic E-state index is 0.0384. The monoisotopic (exact) mass is 378 g/mol. The lowest BCUT2D eigenvalue weighted by Gasteiger charge is -2.27. The van der Waals surface area contributed by atoms with Crippen LogP contribution < -0.4 is 14.9 Å². The summed E-state index contributed by atoms with van der Waals surface area (Å²) < 4.78 is 15.5. The van der Waals surface area contributed by atoms with E-state index < -0.39 is 11.0 Å². The van der Waals surface area contributed by atoms with Gasteiger partial charge in [0.1, 0.15) is 5.82 Å². The maximum atomic E-state index is 12.6. The highest BCUT2D eigenvalue weighted by Crippen LogP contribution is 2.32. The molecule has 0 spiro atoms. The van der Waals surface area contributed by atoms with Crippen LogP contribution in [0.1, 0.15) is 81.5 Å². The van der Waals surface area contributed by atoms with Crippen molar-refractivity contribution < 1.29 is 9.00 Å². The number of carbonyl (C=O) groups excluding carboxylic acids is 1. The molecule has 26 heavy (non-hydrogen) atoms. The molecule has 6 nitrogen and oxygen atoms in total. The molecular weight excluding hydrogens is 348 g/mol. The molecule has 1 amide bonds. The van der Waals surface area contributed by atoms with Crippen LogP contribution in [-0.4, -0.2) is 32.4 Å². The summed E-state index contributed by atoms with van der Waals surface area (Å²) >= 11 is 0. The molecule has 3 rings (SSSR count). The molecule has 3 atom stereocenters. The normalized spacial score (nSPS) is 22.3. The molecule has 1 saturated heterocycles. The van der Waals surface area contributed by atoms with Crippen molar-refractivity contribution in [2.75, 3.05) is 11.4 Å². The molecule has 0 bridgehead atoms. The van der Waals surface area contributed by atoms with E-state index in [0.717, 1.165) is 42.9 Å². The van der Waals surface area contributed by atoms with E-state index in [9.17, 15) is 9.00 Å². The lowest BCUT2D eigenvalue weighted by molar-refractivity contribution is 0.0965. The fraction of sp³-hybridized carbons (Fsp3) is 0.684. The van der Waals surface area contributed by atoms with Gasteiger partial charge in [0.15, 0.2) is 0 Å². The maximum absolute atomic E-state index is 12.6. The molecule has 2 aliphatic rings. The fourth-order valence-corrected chi connectivity index (χ4v) is 4.47. The van der Waals surface area contributed by atoms with Crippen LogP contribution in [0.3, 0.4) is 0 Å². The van der Waals surface area contributed by atoms with Gasteiger partial charge in [-0.05, 0) is 53.0 Å². The van der Waals surface area contributed by atoms with E-state index in [0.29, 0.717) is 18.2 Å². The number of anilines is 1. The van der Waals surface area contributed by atoms with Gasteiger partial charge in [0.25, 0.3) is 5.91 Å². The topological polar surface area (TPSA) is 74.3 Å². The van der Waals surface area contributed by atoms with E-state index >= 15 is 0 Å². The zero-order valence-electron chi connectivity index (χ0n) is 16.4. The molecule has 7 heteroatoms. The highest BCUT2D eigenvalue weighted by Gasteiger charge is 2.32. The first-order chi connectivity index (χ1) is 12.2. The van der Waals surface area contributed by atoms with Crippen LogP contribution in [0.5, 0.6) is 0 Å². The zero-order valence-corrected chi connectivity index (χ0v) is 17.2. The summed E-state index contributed by atoms with van der Waals surface area (Å²) in [5.74, 6) is 0.825. The minimum Gasteiger partial charge on any atom is -0.354 e. The first-order valence-electron chi connectivity index (χ1n) is 9.49. The largest absolute Gasteiger partial charge is 0.354 e. The molecule has 0 aliphatic carbocycles. The Balaban J connectivity index is 2.01. The Morgan fingerprint density at radius 1 is 1.46 bits per heavy atom. The summed E-state index contributed by atoms with van der Waals surface area (Å²) in [6.07, 6.45) is 3.04. The van der Waals surface area contributed by atoms with E-state index in [1.165, 1.54) is 0 Å². The van der Waals surface area contributed by atoms with Crippen LogP contribution in [0, 0.1) is 0 Å². The van der Waals surface area contributed by atoms with Crippen molar-refractivity contribution in [3.63, 3.8) is 0 Å². The van der Waals surface area contributed by atoms with Gasteiger partial charge in [-0.3, -0.25) is 4.79 Å². The number of pyridine rings is 1.